The van der Waals surface area contributed by atoms with E-state index < -0.39 is 0 Å². The third-order valence-corrected chi connectivity index (χ3v) is 2.22. The summed E-state index contributed by atoms with van der Waals surface area (Å²) in [5.41, 5.74) is 0. The smallest absolute Gasteiger partial charge is 0.147 e. The van der Waals surface area contributed by atoms with Gasteiger partial charge in [0.2, 0.25) is 0 Å². The molecule has 0 amide bonds. The SMILES string of the molecule is CCSCn1nc(C)nc1C. The molecular formula is C7H13N3S. The van der Waals surface area contributed by atoms with Crippen molar-refractivity contribution in [1.82, 2.24) is 14.8 Å². The maximum atomic E-state index is 4.23. The van der Waals surface area contributed by atoms with Gasteiger partial charge in [-0.1, -0.05) is 6.92 Å². The summed E-state index contributed by atoms with van der Waals surface area (Å²) in [6.07, 6.45) is 0. The Balaban J connectivity index is 2.62. The van der Waals surface area contributed by atoms with Gasteiger partial charge < -0.3 is 0 Å². The fraction of sp³-hybridized carbons (Fsp3) is 0.714. The van der Waals surface area contributed by atoms with E-state index in [1.165, 1.54) is 0 Å². The summed E-state index contributed by atoms with van der Waals surface area (Å²) in [5.74, 6) is 3.91. The van der Waals surface area contributed by atoms with Gasteiger partial charge in [0.25, 0.3) is 0 Å². The minimum atomic E-state index is 0.860. The summed E-state index contributed by atoms with van der Waals surface area (Å²) in [5, 5.41) is 4.23. The largest absolute Gasteiger partial charge is 0.240 e. The van der Waals surface area contributed by atoms with E-state index >= 15 is 0 Å². The average Bonchev–Trinajstić information content (AvgIpc) is 2.26. The monoisotopic (exact) mass is 171 g/mol. The third kappa shape index (κ3) is 2.22. The zero-order valence-corrected chi connectivity index (χ0v) is 7.98. The van der Waals surface area contributed by atoms with E-state index in [1.807, 2.05) is 30.3 Å². The van der Waals surface area contributed by atoms with Crippen molar-refractivity contribution in [3.63, 3.8) is 0 Å². The number of nitrogens with zero attached hydrogens (tertiary/aromatic N) is 3. The van der Waals surface area contributed by atoms with Crippen LogP contribution in [0.15, 0.2) is 0 Å². The second-order valence-electron chi connectivity index (χ2n) is 2.33. The Kier molecular flexibility index (Phi) is 2.93. The minimum Gasteiger partial charge on any atom is -0.240 e. The lowest BCUT2D eigenvalue weighted by Crippen LogP contribution is -1.99. The van der Waals surface area contributed by atoms with Crippen LogP contribution in [0, 0.1) is 13.8 Å². The molecule has 1 aromatic heterocycles. The second kappa shape index (κ2) is 3.76. The average molecular weight is 171 g/mol. The van der Waals surface area contributed by atoms with Gasteiger partial charge in [-0.05, 0) is 19.6 Å². The first-order valence-electron chi connectivity index (χ1n) is 3.70. The lowest BCUT2D eigenvalue weighted by molar-refractivity contribution is 0.713. The van der Waals surface area contributed by atoms with Crippen molar-refractivity contribution in [2.45, 2.75) is 26.6 Å². The quantitative estimate of drug-likeness (QED) is 0.692. The second-order valence-corrected chi connectivity index (χ2v) is 3.57. The van der Waals surface area contributed by atoms with E-state index in [0.717, 1.165) is 23.3 Å². The van der Waals surface area contributed by atoms with Crippen molar-refractivity contribution >= 4 is 11.8 Å². The maximum Gasteiger partial charge on any atom is 0.147 e. The van der Waals surface area contributed by atoms with Crippen LogP contribution >= 0.6 is 11.8 Å². The van der Waals surface area contributed by atoms with Crippen molar-refractivity contribution in [2.24, 2.45) is 0 Å². The molecular weight excluding hydrogens is 158 g/mol. The zero-order chi connectivity index (χ0) is 8.27. The molecule has 0 spiro atoms. The Labute approximate surface area is 71.2 Å². The lowest BCUT2D eigenvalue weighted by Gasteiger charge is -1.99. The molecule has 1 heterocycles. The fourth-order valence-corrected chi connectivity index (χ4v) is 1.46. The van der Waals surface area contributed by atoms with Crippen LogP contribution in [0.25, 0.3) is 0 Å². The number of aryl methyl sites for hydroxylation is 2. The first kappa shape index (κ1) is 8.59. The molecule has 0 saturated carbocycles. The van der Waals surface area contributed by atoms with Gasteiger partial charge in [0.05, 0.1) is 5.88 Å². The predicted molar refractivity (Wildman–Crippen MR) is 47.6 cm³/mol. The summed E-state index contributed by atoms with van der Waals surface area (Å²) >= 11 is 1.85. The molecule has 0 aliphatic rings. The van der Waals surface area contributed by atoms with Crippen molar-refractivity contribution in [3.05, 3.63) is 11.6 Å². The lowest BCUT2D eigenvalue weighted by atomic mass is 10.7. The van der Waals surface area contributed by atoms with Gasteiger partial charge in [-0.3, -0.25) is 0 Å². The standard InChI is InChI=1S/C7H13N3S/c1-4-11-5-10-7(3)8-6(2)9-10/h4-5H2,1-3H3. The van der Waals surface area contributed by atoms with Gasteiger partial charge in [-0.15, -0.1) is 11.8 Å². The normalized spacial score (nSPS) is 10.5. The molecule has 0 bridgehead atoms. The van der Waals surface area contributed by atoms with E-state index in [1.54, 1.807) is 0 Å². The first-order valence-corrected chi connectivity index (χ1v) is 4.85. The summed E-state index contributed by atoms with van der Waals surface area (Å²) < 4.78 is 1.93. The molecule has 0 aromatic carbocycles. The van der Waals surface area contributed by atoms with Gasteiger partial charge >= 0.3 is 0 Å². The van der Waals surface area contributed by atoms with E-state index in [2.05, 4.69) is 17.0 Å². The topological polar surface area (TPSA) is 30.7 Å². The molecule has 0 N–H and O–H groups in total. The summed E-state index contributed by atoms with van der Waals surface area (Å²) in [7, 11) is 0. The van der Waals surface area contributed by atoms with Crippen LogP contribution in [-0.4, -0.2) is 20.5 Å². The number of aromatic nitrogens is 3. The highest BCUT2D eigenvalue weighted by Crippen LogP contribution is 2.05. The van der Waals surface area contributed by atoms with Crippen LogP contribution in [0.1, 0.15) is 18.6 Å². The first-order chi connectivity index (χ1) is 5.24. The highest BCUT2D eigenvalue weighted by atomic mass is 32.2. The number of hydrogen-bond donors (Lipinski definition) is 0. The molecule has 0 radical (unpaired) electrons. The fourth-order valence-electron chi connectivity index (χ4n) is 0.861. The Morgan fingerprint density at radius 3 is 2.64 bits per heavy atom. The number of hydrogen-bond acceptors (Lipinski definition) is 3. The van der Waals surface area contributed by atoms with Gasteiger partial charge in [0.15, 0.2) is 0 Å². The van der Waals surface area contributed by atoms with E-state index in [0.29, 0.717) is 0 Å². The van der Waals surface area contributed by atoms with E-state index in [-0.39, 0.29) is 0 Å². The van der Waals surface area contributed by atoms with E-state index in [9.17, 15) is 0 Å². The van der Waals surface area contributed by atoms with Crippen molar-refractivity contribution < 1.29 is 0 Å². The molecule has 1 rings (SSSR count). The minimum absolute atomic E-state index is 0.860. The zero-order valence-electron chi connectivity index (χ0n) is 7.16. The Morgan fingerprint density at radius 1 is 1.45 bits per heavy atom. The van der Waals surface area contributed by atoms with Crippen molar-refractivity contribution in [2.75, 3.05) is 5.75 Å². The van der Waals surface area contributed by atoms with Crippen LogP contribution < -0.4 is 0 Å². The van der Waals surface area contributed by atoms with E-state index in [4.69, 9.17) is 0 Å². The predicted octanol–water partition coefficient (Wildman–Crippen LogP) is 1.61. The highest BCUT2D eigenvalue weighted by Gasteiger charge is 1.99. The summed E-state index contributed by atoms with van der Waals surface area (Å²) in [6.45, 7) is 6.04. The molecule has 0 aliphatic heterocycles. The molecule has 0 aliphatic carbocycles. The van der Waals surface area contributed by atoms with Crippen molar-refractivity contribution in [3.8, 4) is 0 Å². The van der Waals surface area contributed by atoms with Gasteiger partial charge in [0, 0.05) is 0 Å². The molecule has 0 unspecified atom stereocenters. The van der Waals surface area contributed by atoms with Crippen LogP contribution in [0.2, 0.25) is 0 Å². The van der Waals surface area contributed by atoms with Crippen LogP contribution in [-0.2, 0) is 5.88 Å². The molecule has 11 heavy (non-hydrogen) atoms. The summed E-state index contributed by atoms with van der Waals surface area (Å²) in [4.78, 5) is 4.20. The third-order valence-electron chi connectivity index (χ3n) is 1.38. The Morgan fingerprint density at radius 2 is 2.18 bits per heavy atom. The summed E-state index contributed by atoms with van der Waals surface area (Å²) in [6, 6.07) is 0. The van der Waals surface area contributed by atoms with Crippen LogP contribution in [0.5, 0.6) is 0 Å². The number of rotatable bonds is 3. The Hall–Kier alpha value is -0.510. The molecule has 0 saturated heterocycles. The maximum absolute atomic E-state index is 4.23. The molecule has 1 aromatic rings. The van der Waals surface area contributed by atoms with Crippen LogP contribution in [0.4, 0.5) is 0 Å². The number of thioether (sulfide) groups is 1. The molecule has 4 heteroatoms. The van der Waals surface area contributed by atoms with Gasteiger partial charge in [-0.25, -0.2) is 9.67 Å². The van der Waals surface area contributed by atoms with Crippen LogP contribution in [0.3, 0.4) is 0 Å². The highest BCUT2D eigenvalue weighted by molar-refractivity contribution is 7.98. The van der Waals surface area contributed by atoms with Gasteiger partial charge in [-0.2, -0.15) is 5.10 Å². The Bertz CT molecular complexity index is 232. The van der Waals surface area contributed by atoms with Gasteiger partial charge in [0.1, 0.15) is 11.6 Å². The molecule has 3 nitrogen and oxygen atoms in total. The molecule has 0 atom stereocenters. The molecule has 0 fully saturated rings. The van der Waals surface area contributed by atoms with Crippen molar-refractivity contribution in [1.29, 1.82) is 0 Å². The molecule has 62 valence electrons.